The maximum absolute atomic E-state index is 12.1. The van der Waals surface area contributed by atoms with E-state index in [2.05, 4.69) is 67.7 Å². The van der Waals surface area contributed by atoms with Crippen molar-refractivity contribution in [2.75, 3.05) is 6.61 Å². The second-order valence-corrected chi connectivity index (χ2v) is 25.9. The van der Waals surface area contributed by atoms with Gasteiger partial charge in [-0.25, -0.2) is 0 Å². The number of fused-ring (bicyclic) bond motifs is 1. The minimum Gasteiger partial charge on any atom is -0.414 e. The molecule has 0 amide bonds. The SMILES string of the molecule is CC(=O)CC[C@@H](O[Si](C)(C)C(C)(C)C)[C@H]1C[C@H]2OC(C)(C)O[C@H]2[C@H]([C@H]2OC(C)(C)O[C@@H]2CO[Si](C)(C)C(C)(C)C)O1. The van der Waals surface area contributed by atoms with Gasteiger partial charge in [0, 0.05) is 12.8 Å². The highest BCUT2D eigenvalue weighted by molar-refractivity contribution is 6.74. The zero-order valence-electron chi connectivity index (χ0n) is 28.6. The molecule has 3 fully saturated rings. The van der Waals surface area contributed by atoms with Crippen LogP contribution in [0.1, 0.15) is 95.4 Å². The van der Waals surface area contributed by atoms with Crippen LogP contribution in [0.3, 0.4) is 0 Å². The van der Waals surface area contributed by atoms with Crippen molar-refractivity contribution in [1.82, 2.24) is 0 Å². The van der Waals surface area contributed by atoms with Crippen LogP contribution in [0.25, 0.3) is 0 Å². The van der Waals surface area contributed by atoms with Crippen molar-refractivity contribution in [2.24, 2.45) is 0 Å². The molecule has 0 aliphatic carbocycles. The fraction of sp³-hybridized carbons (Fsp3) is 0.968. The summed E-state index contributed by atoms with van der Waals surface area (Å²) >= 11 is 0. The summed E-state index contributed by atoms with van der Waals surface area (Å²) in [5.74, 6) is -1.39. The molecular formula is C31H60O8Si2. The summed E-state index contributed by atoms with van der Waals surface area (Å²) in [6, 6.07) is 0. The lowest BCUT2D eigenvalue weighted by Crippen LogP contribution is -2.59. The normalized spacial score (nSPS) is 33.0. The molecule has 0 bridgehead atoms. The van der Waals surface area contributed by atoms with Gasteiger partial charge in [-0.15, -0.1) is 0 Å². The van der Waals surface area contributed by atoms with E-state index in [9.17, 15) is 4.79 Å². The molecule has 3 aliphatic heterocycles. The van der Waals surface area contributed by atoms with Crippen molar-refractivity contribution in [3.8, 4) is 0 Å². The first-order valence-corrected chi connectivity index (χ1v) is 21.3. The van der Waals surface area contributed by atoms with E-state index >= 15 is 0 Å². The largest absolute Gasteiger partial charge is 0.414 e. The highest BCUT2D eigenvalue weighted by atomic mass is 28.4. The Morgan fingerprint density at radius 1 is 0.829 bits per heavy atom. The number of carbonyl (C=O) groups excluding carboxylic acids is 1. The van der Waals surface area contributed by atoms with Crippen LogP contribution in [-0.2, 0) is 37.3 Å². The Hall–Kier alpha value is -0.176. The molecule has 0 N–H and O–H groups in total. The second-order valence-electron chi connectivity index (χ2n) is 16.4. The van der Waals surface area contributed by atoms with Crippen molar-refractivity contribution in [3.63, 3.8) is 0 Å². The van der Waals surface area contributed by atoms with Crippen LogP contribution in [0.5, 0.6) is 0 Å². The smallest absolute Gasteiger partial charge is 0.192 e. The van der Waals surface area contributed by atoms with E-state index in [0.717, 1.165) is 0 Å². The molecular weight excluding hydrogens is 557 g/mol. The summed E-state index contributed by atoms with van der Waals surface area (Å²) in [4.78, 5) is 12.1. The Kier molecular flexibility index (Phi) is 10.3. The molecule has 0 aromatic heterocycles. The fourth-order valence-corrected chi connectivity index (χ4v) is 7.78. The highest BCUT2D eigenvalue weighted by Gasteiger charge is 2.58. The molecule has 0 radical (unpaired) electrons. The third-order valence-electron chi connectivity index (χ3n) is 9.75. The van der Waals surface area contributed by atoms with Crippen LogP contribution < -0.4 is 0 Å². The molecule has 0 saturated carbocycles. The molecule has 8 nitrogen and oxygen atoms in total. The number of ketones is 1. The van der Waals surface area contributed by atoms with Crippen LogP contribution in [0.15, 0.2) is 0 Å². The molecule has 3 rings (SSSR count). The zero-order valence-corrected chi connectivity index (χ0v) is 30.6. The number of hydrogen-bond donors (Lipinski definition) is 0. The first-order valence-electron chi connectivity index (χ1n) is 15.5. The van der Waals surface area contributed by atoms with Crippen LogP contribution >= 0.6 is 0 Å². The molecule has 3 saturated heterocycles. The fourth-order valence-electron chi connectivity index (χ4n) is 5.39. The van der Waals surface area contributed by atoms with Gasteiger partial charge in [0.2, 0.25) is 0 Å². The van der Waals surface area contributed by atoms with Gasteiger partial charge in [-0.3, -0.25) is 0 Å². The number of Topliss-reactive ketones (excluding diaryl/α,β-unsaturated/α-hetero) is 1. The van der Waals surface area contributed by atoms with Gasteiger partial charge in [0.1, 0.15) is 30.2 Å². The topological polar surface area (TPSA) is 81.7 Å². The third kappa shape index (κ3) is 8.51. The summed E-state index contributed by atoms with van der Waals surface area (Å²) in [6.45, 7) is 32.3. The van der Waals surface area contributed by atoms with Gasteiger partial charge in [0.05, 0.1) is 24.9 Å². The first-order chi connectivity index (χ1) is 18.3. The van der Waals surface area contributed by atoms with Crippen LogP contribution in [0.2, 0.25) is 36.3 Å². The highest BCUT2D eigenvalue weighted by Crippen LogP contribution is 2.46. The Bertz CT molecular complexity index is 920. The van der Waals surface area contributed by atoms with Crippen molar-refractivity contribution in [1.29, 1.82) is 0 Å². The molecule has 3 aliphatic rings. The summed E-state index contributed by atoms with van der Waals surface area (Å²) < 4.78 is 46.6. The summed E-state index contributed by atoms with van der Waals surface area (Å²) in [7, 11) is -4.19. The maximum atomic E-state index is 12.1. The average Bonchev–Trinajstić information content (AvgIpc) is 3.26. The van der Waals surface area contributed by atoms with Crippen molar-refractivity contribution < 1.29 is 37.3 Å². The zero-order chi connectivity index (χ0) is 31.4. The van der Waals surface area contributed by atoms with Gasteiger partial charge in [-0.05, 0) is 77.3 Å². The summed E-state index contributed by atoms with van der Waals surface area (Å²) in [5.41, 5.74) is 0. The predicted molar refractivity (Wildman–Crippen MR) is 166 cm³/mol. The van der Waals surface area contributed by atoms with E-state index in [4.69, 9.17) is 32.5 Å². The molecule has 7 atom stereocenters. The number of ether oxygens (including phenoxy) is 5. The van der Waals surface area contributed by atoms with E-state index in [1.807, 2.05) is 27.7 Å². The van der Waals surface area contributed by atoms with Crippen LogP contribution in [0, 0.1) is 0 Å². The maximum Gasteiger partial charge on any atom is 0.192 e. The van der Waals surface area contributed by atoms with Gasteiger partial charge in [0.15, 0.2) is 28.2 Å². The van der Waals surface area contributed by atoms with Gasteiger partial charge >= 0.3 is 0 Å². The number of hydrogen-bond acceptors (Lipinski definition) is 8. The predicted octanol–water partition coefficient (Wildman–Crippen LogP) is 6.97. The third-order valence-corrected chi connectivity index (χ3v) is 18.8. The molecule has 10 heteroatoms. The Morgan fingerprint density at radius 2 is 1.37 bits per heavy atom. The number of carbonyl (C=O) groups is 1. The lowest BCUT2D eigenvalue weighted by atomic mass is 9.90. The Balaban J connectivity index is 1.94. The quantitative estimate of drug-likeness (QED) is 0.244. The average molecular weight is 617 g/mol. The standard InChI is InChI=1S/C31H60O8Si2/c1-20(32)16-17-21(39-41(14,15)29(5,6)7)22-18-23-25(37-30(8,9)35-23)27(34-22)26-24(36-31(10,11)38-26)19-33-40(12,13)28(2,3)4/h21-27H,16-19H2,1-15H3/t21-,22-,23-,24-,25-,26+,27-/m1/s1. The second kappa shape index (κ2) is 12.0. The molecule has 0 aromatic rings. The van der Waals surface area contributed by atoms with Gasteiger partial charge in [0.25, 0.3) is 0 Å². The van der Waals surface area contributed by atoms with E-state index in [1.165, 1.54) is 0 Å². The van der Waals surface area contributed by atoms with Crippen molar-refractivity contribution in [2.45, 2.75) is 186 Å². The number of rotatable bonds is 10. The van der Waals surface area contributed by atoms with Crippen LogP contribution in [0.4, 0.5) is 0 Å². The Morgan fingerprint density at radius 3 is 1.90 bits per heavy atom. The Labute approximate surface area is 252 Å². The van der Waals surface area contributed by atoms with Crippen molar-refractivity contribution >= 4 is 22.4 Å². The van der Waals surface area contributed by atoms with E-state index in [1.54, 1.807) is 6.92 Å². The minimum atomic E-state index is -2.16. The van der Waals surface area contributed by atoms with Gasteiger partial charge < -0.3 is 37.3 Å². The van der Waals surface area contributed by atoms with Crippen molar-refractivity contribution in [3.05, 3.63) is 0 Å². The van der Waals surface area contributed by atoms with E-state index in [0.29, 0.717) is 25.9 Å². The summed E-state index contributed by atoms with van der Waals surface area (Å²) in [6.07, 6.45) is -0.536. The molecule has 41 heavy (non-hydrogen) atoms. The molecule has 0 aromatic carbocycles. The van der Waals surface area contributed by atoms with E-state index < -0.39 is 40.4 Å². The van der Waals surface area contributed by atoms with Crippen LogP contribution in [-0.4, -0.2) is 83.3 Å². The van der Waals surface area contributed by atoms with E-state index in [-0.39, 0.29) is 46.4 Å². The molecule has 3 heterocycles. The first kappa shape index (κ1) is 35.3. The minimum absolute atomic E-state index is 0.0195. The lowest BCUT2D eigenvalue weighted by molar-refractivity contribution is -0.215. The van der Waals surface area contributed by atoms with Gasteiger partial charge in [-0.2, -0.15) is 0 Å². The van der Waals surface area contributed by atoms with Gasteiger partial charge in [-0.1, -0.05) is 41.5 Å². The molecule has 0 unspecified atom stereocenters. The molecule has 240 valence electrons. The monoisotopic (exact) mass is 616 g/mol. The molecule has 0 spiro atoms. The lowest BCUT2D eigenvalue weighted by Gasteiger charge is -2.46. The summed E-state index contributed by atoms with van der Waals surface area (Å²) in [5, 5.41) is 0.0953.